The third-order valence-corrected chi connectivity index (χ3v) is 6.73. The molecule has 3 aromatic rings. The minimum Gasteiger partial charge on any atom is -0.376 e. The lowest BCUT2D eigenvalue weighted by atomic mass is 10.2. The number of halogens is 2. The first-order chi connectivity index (χ1) is 14.1. The standard InChI is InChI=1S/C21H20F2N2O2S2/c22-14-3-6-17(7-4-14)28-11-9-20(26)25(13-16-2-1-10-27-16)21-24-18-8-5-15(23)12-19(18)29-21/h3-8,12,16H,1-2,9-11,13H2. The number of ether oxygens (including phenoxy) is 1. The Balaban J connectivity index is 1.47. The number of fused-ring (bicyclic) bond motifs is 1. The number of amides is 1. The van der Waals surface area contributed by atoms with E-state index >= 15 is 0 Å². The van der Waals surface area contributed by atoms with E-state index in [2.05, 4.69) is 4.98 Å². The molecule has 1 fully saturated rings. The minimum atomic E-state index is -0.319. The van der Waals surface area contributed by atoms with Crippen LogP contribution in [0.15, 0.2) is 47.4 Å². The first-order valence-electron chi connectivity index (χ1n) is 9.45. The number of benzene rings is 2. The summed E-state index contributed by atoms with van der Waals surface area (Å²) < 4.78 is 33.0. The minimum absolute atomic E-state index is 0.00699. The molecule has 0 radical (unpaired) electrons. The topological polar surface area (TPSA) is 42.4 Å². The van der Waals surface area contributed by atoms with Crippen LogP contribution >= 0.6 is 23.1 Å². The van der Waals surface area contributed by atoms with Crippen molar-refractivity contribution in [1.82, 2.24) is 4.98 Å². The molecule has 4 rings (SSSR count). The number of thioether (sulfide) groups is 1. The molecule has 2 heterocycles. The van der Waals surface area contributed by atoms with Gasteiger partial charge in [0.05, 0.1) is 22.9 Å². The van der Waals surface area contributed by atoms with E-state index in [0.717, 1.165) is 17.7 Å². The Morgan fingerprint density at radius 2 is 2.00 bits per heavy atom. The maximum Gasteiger partial charge on any atom is 0.229 e. The second-order valence-electron chi connectivity index (χ2n) is 6.80. The van der Waals surface area contributed by atoms with Crippen LogP contribution in [0.1, 0.15) is 19.3 Å². The molecule has 0 saturated carbocycles. The van der Waals surface area contributed by atoms with Gasteiger partial charge in [-0.15, -0.1) is 11.8 Å². The Labute approximate surface area is 175 Å². The van der Waals surface area contributed by atoms with Gasteiger partial charge in [0, 0.05) is 23.7 Å². The Kier molecular flexibility index (Phi) is 6.42. The van der Waals surface area contributed by atoms with Crippen molar-refractivity contribution in [1.29, 1.82) is 0 Å². The van der Waals surface area contributed by atoms with Crippen LogP contribution in [0, 0.1) is 11.6 Å². The molecular formula is C21H20F2N2O2S2. The molecule has 1 amide bonds. The van der Waals surface area contributed by atoms with Crippen molar-refractivity contribution in [3.05, 3.63) is 54.1 Å². The van der Waals surface area contributed by atoms with Gasteiger partial charge in [0.25, 0.3) is 0 Å². The number of rotatable bonds is 7. The van der Waals surface area contributed by atoms with Crippen LogP contribution in [0.25, 0.3) is 10.2 Å². The van der Waals surface area contributed by atoms with E-state index in [1.165, 1.54) is 47.4 Å². The summed E-state index contributed by atoms with van der Waals surface area (Å²) in [5, 5.41) is 0.567. The fourth-order valence-corrected chi connectivity index (χ4v) is 5.06. The molecular weight excluding hydrogens is 414 g/mol. The predicted molar refractivity (Wildman–Crippen MR) is 113 cm³/mol. The van der Waals surface area contributed by atoms with Crippen LogP contribution < -0.4 is 4.90 Å². The number of hydrogen-bond donors (Lipinski definition) is 0. The number of thiazole rings is 1. The lowest BCUT2D eigenvalue weighted by Crippen LogP contribution is -2.37. The van der Waals surface area contributed by atoms with Crippen molar-refractivity contribution in [2.24, 2.45) is 0 Å². The second-order valence-corrected chi connectivity index (χ2v) is 8.98. The summed E-state index contributed by atoms with van der Waals surface area (Å²) in [6, 6.07) is 10.7. The second kappa shape index (κ2) is 9.19. The summed E-state index contributed by atoms with van der Waals surface area (Å²) in [6.07, 6.45) is 2.21. The molecule has 0 bridgehead atoms. The fourth-order valence-electron chi connectivity index (χ4n) is 3.20. The van der Waals surface area contributed by atoms with Gasteiger partial charge in [0.15, 0.2) is 5.13 Å². The highest BCUT2D eigenvalue weighted by molar-refractivity contribution is 7.99. The van der Waals surface area contributed by atoms with Crippen molar-refractivity contribution in [3.63, 3.8) is 0 Å². The van der Waals surface area contributed by atoms with Gasteiger partial charge in [-0.1, -0.05) is 11.3 Å². The van der Waals surface area contributed by atoms with Gasteiger partial charge in [-0.25, -0.2) is 13.8 Å². The predicted octanol–water partition coefficient (Wildman–Crippen LogP) is 5.27. The summed E-state index contributed by atoms with van der Waals surface area (Å²) in [5.74, 6) is -0.0677. The molecule has 8 heteroatoms. The van der Waals surface area contributed by atoms with Crippen molar-refractivity contribution < 1.29 is 18.3 Å². The van der Waals surface area contributed by atoms with E-state index in [0.29, 0.717) is 40.7 Å². The van der Waals surface area contributed by atoms with E-state index < -0.39 is 0 Å². The molecule has 0 spiro atoms. The summed E-state index contributed by atoms with van der Waals surface area (Å²) in [4.78, 5) is 20.1. The first kappa shape index (κ1) is 20.3. The molecule has 1 atom stereocenters. The zero-order valence-electron chi connectivity index (χ0n) is 15.6. The monoisotopic (exact) mass is 434 g/mol. The molecule has 1 aliphatic heterocycles. The molecule has 1 unspecified atom stereocenters. The van der Waals surface area contributed by atoms with E-state index in [1.807, 2.05) is 0 Å². The van der Waals surface area contributed by atoms with Gasteiger partial charge in [0.1, 0.15) is 11.6 Å². The third kappa shape index (κ3) is 5.12. The van der Waals surface area contributed by atoms with E-state index in [-0.39, 0.29) is 23.6 Å². The number of carbonyl (C=O) groups is 1. The number of aromatic nitrogens is 1. The van der Waals surface area contributed by atoms with E-state index in [9.17, 15) is 13.6 Å². The quantitative estimate of drug-likeness (QED) is 0.475. The van der Waals surface area contributed by atoms with Crippen molar-refractivity contribution in [2.75, 3.05) is 23.8 Å². The Hall–Kier alpha value is -2.03. The van der Waals surface area contributed by atoms with Crippen LogP contribution in [0.5, 0.6) is 0 Å². The average molecular weight is 435 g/mol. The van der Waals surface area contributed by atoms with Crippen LogP contribution in [0.2, 0.25) is 0 Å². The summed E-state index contributed by atoms with van der Waals surface area (Å²) in [5.41, 5.74) is 0.678. The Bertz CT molecular complexity index is 988. The van der Waals surface area contributed by atoms with Crippen LogP contribution in [-0.4, -0.2) is 35.9 Å². The SMILES string of the molecule is O=C(CCSc1ccc(F)cc1)N(CC1CCCO1)c1nc2ccc(F)cc2s1. The van der Waals surface area contributed by atoms with Gasteiger partial charge in [-0.05, 0) is 55.3 Å². The first-order valence-corrected chi connectivity index (χ1v) is 11.2. The normalized spacial score (nSPS) is 16.4. The van der Waals surface area contributed by atoms with Gasteiger partial charge in [-0.3, -0.25) is 9.69 Å². The zero-order chi connectivity index (χ0) is 20.2. The van der Waals surface area contributed by atoms with Crippen LogP contribution in [-0.2, 0) is 9.53 Å². The van der Waals surface area contributed by atoms with Crippen LogP contribution in [0.3, 0.4) is 0 Å². The van der Waals surface area contributed by atoms with Crippen molar-refractivity contribution in [3.8, 4) is 0 Å². The Morgan fingerprint density at radius 3 is 2.76 bits per heavy atom. The maximum absolute atomic E-state index is 13.5. The molecule has 152 valence electrons. The number of nitrogens with zero attached hydrogens (tertiary/aromatic N) is 2. The third-order valence-electron chi connectivity index (χ3n) is 4.68. The van der Waals surface area contributed by atoms with Gasteiger partial charge in [-0.2, -0.15) is 0 Å². The number of anilines is 1. The molecule has 1 aliphatic rings. The molecule has 0 N–H and O–H groups in total. The average Bonchev–Trinajstić information content (AvgIpc) is 3.36. The molecule has 0 aliphatic carbocycles. The smallest absolute Gasteiger partial charge is 0.229 e. The largest absolute Gasteiger partial charge is 0.376 e. The summed E-state index contributed by atoms with van der Waals surface area (Å²) in [6.45, 7) is 1.15. The van der Waals surface area contributed by atoms with Crippen molar-refractivity contribution in [2.45, 2.75) is 30.3 Å². The maximum atomic E-state index is 13.5. The highest BCUT2D eigenvalue weighted by atomic mass is 32.2. The molecule has 29 heavy (non-hydrogen) atoms. The molecule has 4 nitrogen and oxygen atoms in total. The van der Waals surface area contributed by atoms with Gasteiger partial charge >= 0.3 is 0 Å². The van der Waals surface area contributed by atoms with E-state index in [1.54, 1.807) is 23.1 Å². The summed E-state index contributed by atoms with van der Waals surface area (Å²) >= 11 is 2.82. The van der Waals surface area contributed by atoms with Crippen molar-refractivity contribution >= 4 is 44.4 Å². The molecule has 1 saturated heterocycles. The lowest BCUT2D eigenvalue weighted by molar-refractivity contribution is -0.118. The van der Waals surface area contributed by atoms with Crippen LogP contribution in [0.4, 0.5) is 13.9 Å². The number of carbonyl (C=O) groups excluding carboxylic acids is 1. The van der Waals surface area contributed by atoms with E-state index in [4.69, 9.17) is 4.74 Å². The molecule has 1 aromatic heterocycles. The van der Waals surface area contributed by atoms with Gasteiger partial charge in [0.2, 0.25) is 5.91 Å². The number of hydrogen-bond acceptors (Lipinski definition) is 5. The fraction of sp³-hybridized carbons (Fsp3) is 0.333. The zero-order valence-corrected chi connectivity index (χ0v) is 17.3. The summed E-state index contributed by atoms with van der Waals surface area (Å²) in [7, 11) is 0. The molecule has 2 aromatic carbocycles. The highest BCUT2D eigenvalue weighted by Crippen LogP contribution is 2.31. The highest BCUT2D eigenvalue weighted by Gasteiger charge is 2.26. The lowest BCUT2D eigenvalue weighted by Gasteiger charge is -2.23. The van der Waals surface area contributed by atoms with Gasteiger partial charge < -0.3 is 4.74 Å². The Morgan fingerprint density at radius 1 is 1.21 bits per heavy atom.